The van der Waals surface area contributed by atoms with Gasteiger partial charge in [-0.05, 0) is 139 Å². The molecule has 2 nitrogen and oxygen atoms in total. The molecule has 0 aliphatic heterocycles. The van der Waals surface area contributed by atoms with E-state index < -0.39 is 0 Å². The highest BCUT2D eigenvalue weighted by Crippen LogP contribution is 2.48. The smallest absolute Gasteiger partial charge is 0.0531 e. The largest absolute Gasteiger partial charge is 0.340 e. The highest BCUT2D eigenvalue weighted by molar-refractivity contribution is 6.31. The Bertz CT molecular complexity index is 1570. The van der Waals surface area contributed by atoms with Gasteiger partial charge in [0, 0.05) is 34.6 Å². The third kappa shape index (κ3) is 2.47. The third-order valence-corrected chi connectivity index (χ3v) is 9.52. The van der Waals surface area contributed by atoms with Crippen LogP contribution in [0.5, 0.6) is 0 Å². The number of hydrogen-bond donors (Lipinski definition) is 0. The molecule has 0 saturated heterocycles. The van der Waals surface area contributed by atoms with Crippen LogP contribution >= 0.6 is 0 Å². The first-order valence-corrected chi connectivity index (χ1v) is 12.9. The second kappa shape index (κ2) is 7.38. The fourth-order valence-corrected chi connectivity index (χ4v) is 6.86. The summed E-state index contributed by atoms with van der Waals surface area (Å²) in [4.78, 5) is 0. The lowest BCUT2D eigenvalue weighted by atomic mass is 9.90. The van der Waals surface area contributed by atoms with E-state index in [0.29, 0.717) is 0 Å². The maximum atomic E-state index is 2.61. The van der Waals surface area contributed by atoms with Crippen LogP contribution in [0.25, 0.3) is 43.6 Å². The Balaban J connectivity index is 2.33. The van der Waals surface area contributed by atoms with E-state index in [1.54, 1.807) is 0 Å². The molecule has 3 aromatic carbocycles. The summed E-state index contributed by atoms with van der Waals surface area (Å²) in [7, 11) is 0. The van der Waals surface area contributed by atoms with Crippen LogP contribution in [0.4, 0.5) is 0 Å². The van der Waals surface area contributed by atoms with E-state index in [1.807, 2.05) is 0 Å². The fourth-order valence-electron chi connectivity index (χ4n) is 6.86. The average molecular weight is 453 g/mol. The fraction of sp³-hybridized carbons (Fsp3) is 0.438. The zero-order chi connectivity index (χ0) is 25.0. The zero-order valence-electron chi connectivity index (χ0n) is 23.3. The molecule has 0 saturated carbocycles. The minimum Gasteiger partial charge on any atom is -0.340 e. The Morgan fingerprint density at radius 3 is 0.853 bits per heavy atom. The van der Waals surface area contributed by atoms with Crippen LogP contribution in [0.3, 0.4) is 0 Å². The molecule has 0 amide bonds. The molecule has 2 aromatic heterocycles. The molecule has 5 aromatic rings. The SMILES string of the molecule is CCn1c2c(C)c(C)c(C)c(C)c2c2c3c4c(C)c(C)c(C)c(C)c4n(CC)c3c(C)c(C)c21. The maximum Gasteiger partial charge on any atom is 0.0531 e. The van der Waals surface area contributed by atoms with Crippen molar-refractivity contribution in [3.8, 4) is 0 Å². The van der Waals surface area contributed by atoms with Gasteiger partial charge in [-0.2, -0.15) is 0 Å². The molecule has 0 bridgehead atoms. The van der Waals surface area contributed by atoms with Gasteiger partial charge in [0.15, 0.2) is 0 Å². The number of rotatable bonds is 2. The second-order valence-corrected chi connectivity index (χ2v) is 10.6. The molecular weight excluding hydrogens is 412 g/mol. The molecule has 0 aliphatic rings. The monoisotopic (exact) mass is 452 g/mol. The van der Waals surface area contributed by atoms with E-state index in [9.17, 15) is 0 Å². The van der Waals surface area contributed by atoms with E-state index in [4.69, 9.17) is 0 Å². The number of hydrogen-bond acceptors (Lipinski definition) is 0. The summed E-state index contributed by atoms with van der Waals surface area (Å²) in [5.74, 6) is 0. The van der Waals surface area contributed by atoms with Gasteiger partial charge in [0.05, 0.1) is 22.1 Å². The van der Waals surface area contributed by atoms with Crippen molar-refractivity contribution in [3.63, 3.8) is 0 Å². The maximum absolute atomic E-state index is 2.61. The van der Waals surface area contributed by atoms with E-state index in [0.717, 1.165) is 13.1 Å². The van der Waals surface area contributed by atoms with Gasteiger partial charge in [-0.3, -0.25) is 0 Å². The Hall–Kier alpha value is -2.74. The molecule has 2 heteroatoms. The van der Waals surface area contributed by atoms with Crippen LogP contribution in [0.15, 0.2) is 0 Å². The van der Waals surface area contributed by atoms with Crippen molar-refractivity contribution in [2.45, 2.75) is 96.2 Å². The first-order chi connectivity index (χ1) is 16.0. The van der Waals surface area contributed by atoms with Crippen LogP contribution in [-0.2, 0) is 13.1 Å². The topological polar surface area (TPSA) is 9.86 Å². The minimum absolute atomic E-state index is 0.983. The van der Waals surface area contributed by atoms with Crippen LogP contribution in [0.2, 0.25) is 0 Å². The van der Waals surface area contributed by atoms with E-state index >= 15 is 0 Å². The molecule has 34 heavy (non-hydrogen) atoms. The third-order valence-electron chi connectivity index (χ3n) is 9.52. The lowest BCUT2D eigenvalue weighted by molar-refractivity contribution is 0.816. The Kier molecular flexibility index (Phi) is 5.00. The van der Waals surface area contributed by atoms with Gasteiger partial charge < -0.3 is 9.13 Å². The number of benzene rings is 3. The van der Waals surface area contributed by atoms with Crippen LogP contribution in [0.1, 0.15) is 69.5 Å². The summed E-state index contributed by atoms with van der Waals surface area (Å²) in [6.45, 7) is 29.8. The molecular formula is C32H40N2. The number of nitrogens with zero attached hydrogens (tertiary/aromatic N) is 2. The normalized spacial score (nSPS) is 12.4. The molecule has 178 valence electrons. The summed E-state index contributed by atoms with van der Waals surface area (Å²) in [6, 6.07) is 0. The molecule has 0 N–H and O–H groups in total. The molecule has 0 unspecified atom stereocenters. The Labute approximate surface area is 204 Å². The Morgan fingerprint density at radius 2 is 0.559 bits per heavy atom. The van der Waals surface area contributed by atoms with Gasteiger partial charge >= 0.3 is 0 Å². The molecule has 0 spiro atoms. The van der Waals surface area contributed by atoms with Crippen molar-refractivity contribution in [1.29, 1.82) is 0 Å². The summed E-state index contributed by atoms with van der Waals surface area (Å²) in [5, 5.41) is 5.88. The van der Waals surface area contributed by atoms with E-state index in [1.165, 1.54) is 99.2 Å². The van der Waals surface area contributed by atoms with Crippen LogP contribution in [0, 0.1) is 69.2 Å². The van der Waals surface area contributed by atoms with E-state index in [-0.39, 0.29) is 0 Å². The summed E-state index contributed by atoms with van der Waals surface area (Å²) >= 11 is 0. The van der Waals surface area contributed by atoms with Crippen molar-refractivity contribution >= 4 is 43.6 Å². The minimum atomic E-state index is 0.983. The quantitative estimate of drug-likeness (QED) is 0.253. The molecule has 5 rings (SSSR count). The first kappa shape index (κ1) is 23.0. The van der Waals surface area contributed by atoms with Gasteiger partial charge in [0.1, 0.15) is 0 Å². The average Bonchev–Trinajstić information content (AvgIpc) is 3.35. The number of fused-ring (bicyclic) bond motifs is 7. The molecule has 0 radical (unpaired) electrons. The molecule has 0 atom stereocenters. The van der Waals surface area contributed by atoms with Crippen molar-refractivity contribution in [2.75, 3.05) is 0 Å². The molecule has 0 fully saturated rings. The van der Waals surface area contributed by atoms with Crippen molar-refractivity contribution in [2.24, 2.45) is 0 Å². The second-order valence-electron chi connectivity index (χ2n) is 10.6. The number of aryl methyl sites for hydroxylation is 8. The van der Waals surface area contributed by atoms with Crippen molar-refractivity contribution in [3.05, 3.63) is 55.6 Å². The van der Waals surface area contributed by atoms with Gasteiger partial charge in [-0.15, -0.1) is 0 Å². The van der Waals surface area contributed by atoms with Gasteiger partial charge in [-0.25, -0.2) is 0 Å². The number of aromatic nitrogens is 2. The summed E-state index contributed by atoms with van der Waals surface area (Å²) in [5.41, 5.74) is 20.1. The Morgan fingerprint density at radius 1 is 0.324 bits per heavy atom. The summed E-state index contributed by atoms with van der Waals surface area (Å²) in [6.07, 6.45) is 0. The molecule has 0 aliphatic carbocycles. The molecule has 2 heterocycles. The first-order valence-electron chi connectivity index (χ1n) is 12.9. The lowest BCUT2D eigenvalue weighted by Gasteiger charge is -2.14. The van der Waals surface area contributed by atoms with Gasteiger partial charge in [0.2, 0.25) is 0 Å². The highest BCUT2D eigenvalue weighted by atomic mass is 15.0. The van der Waals surface area contributed by atoms with Crippen LogP contribution < -0.4 is 0 Å². The van der Waals surface area contributed by atoms with Crippen LogP contribution in [-0.4, -0.2) is 9.13 Å². The predicted octanol–water partition coefficient (Wildman–Crippen LogP) is 9.03. The standard InChI is InChI=1S/C32H40N2/c1-13-33-29-21(9)17(5)15(3)19(7)25(29)27-28-26-20(8)16(4)18(6)22(10)30(26)34(14-2)32(28)24(12)23(11)31(27)33/h13-14H2,1-12H3. The van der Waals surface area contributed by atoms with Crippen molar-refractivity contribution < 1.29 is 0 Å². The predicted molar refractivity (Wildman–Crippen MR) is 151 cm³/mol. The van der Waals surface area contributed by atoms with Gasteiger partial charge in [0.25, 0.3) is 0 Å². The summed E-state index contributed by atoms with van der Waals surface area (Å²) < 4.78 is 5.22. The van der Waals surface area contributed by atoms with Crippen molar-refractivity contribution in [1.82, 2.24) is 9.13 Å². The van der Waals surface area contributed by atoms with E-state index in [2.05, 4.69) is 92.2 Å². The zero-order valence-corrected chi connectivity index (χ0v) is 23.3. The highest BCUT2D eigenvalue weighted by Gasteiger charge is 2.27. The lowest BCUT2D eigenvalue weighted by Crippen LogP contribution is -2.02. The van der Waals surface area contributed by atoms with Gasteiger partial charge in [-0.1, -0.05) is 0 Å².